The number of rotatable bonds is 8. The molecule has 0 atom stereocenters. The zero-order chi connectivity index (χ0) is 10.6. The third-order valence-corrected chi connectivity index (χ3v) is 2.03. The molecule has 3 nitrogen and oxygen atoms in total. The summed E-state index contributed by atoms with van der Waals surface area (Å²) in [5, 5.41) is 2.71. The molecule has 0 fully saturated rings. The minimum atomic E-state index is -0.269. The van der Waals surface area contributed by atoms with Crippen LogP contribution in [0.5, 0.6) is 0 Å². The minimum absolute atomic E-state index is 0.269. The summed E-state index contributed by atoms with van der Waals surface area (Å²) in [6.07, 6.45) is 6.41. The van der Waals surface area contributed by atoms with Crippen molar-refractivity contribution in [3.8, 4) is 0 Å². The zero-order valence-electron chi connectivity index (χ0n) is 9.47. The van der Waals surface area contributed by atoms with Gasteiger partial charge in [0, 0.05) is 6.54 Å². The summed E-state index contributed by atoms with van der Waals surface area (Å²) in [6, 6.07) is 0. The van der Waals surface area contributed by atoms with E-state index in [4.69, 9.17) is 4.74 Å². The molecule has 0 heterocycles. The largest absolute Gasteiger partial charge is 0.450 e. The Morgan fingerprint density at radius 3 is 2.43 bits per heavy atom. The van der Waals surface area contributed by atoms with Crippen molar-refractivity contribution in [1.82, 2.24) is 5.32 Å². The molecule has 0 aliphatic heterocycles. The van der Waals surface area contributed by atoms with Crippen molar-refractivity contribution in [2.45, 2.75) is 52.4 Å². The number of unbranched alkanes of at least 4 members (excludes halogenated alkanes) is 4. The Kier molecular flexibility index (Phi) is 9.81. The highest BCUT2D eigenvalue weighted by Crippen LogP contribution is 1.98. The Bertz CT molecular complexity index is 137. The predicted molar refractivity (Wildman–Crippen MR) is 58.4 cm³/mol. The molecule has 3 heteroatoms. The van der Waals surface area contributed by atoms with E-state index >= 15 is 0 Å². The van der Waals surface area contributed by atoms with Crippen LogP contribution < -0.4 is 5.32 Å². The first kappa shape index (κ1) is 13.3. The van der Waals surface area contributed by atoms with Gasteiger partial charge >= 0.3 is 6.09 Å². The zero-order valence-corrected chi connectivity index (χ0v) is 9.47. The average Bonchev–Trinajstić information content (AvgIpc) is 2.18. The summed E-state index contributed by atoms with van der Waals surface area (Å²) in [6.45, 7) is 5.54. The number of amides is 1. The lowest BCUT2D eigenvalue weighted by Crippen LogP contribution is -2.25. The number of ether oxygens (including phenoxy) is 1. The molecule has 1 amide bonds. The Morgan fingerprint density at radius 1 is 1.07 bits per heavy atom. The molecule has 0 aromatic heterocycles. The lowest BCUT2D eigenvalue weighted by atomic mass is 10.2. The van der Waals surface area contributed by atoms with Crippen LogP contribution in [-0.2, 0) is 4.74 Å². The first-order valence-corrected chi connectivity index (χ1v) is 5.71. The van der Waals surface area contributed by atoms with Crippen LogP contribution in [-0.4, -0.2) is 19.2 Å². The molecular weight excluding hydrogens is 178 g/mol. The fourth-order valence-electron chi connectivity index (χ4n) is 1.11. The summed E-state index contributed by atoms with van der Waals surface area (Å²) < 4.78 is 4.99. The van der Waals surface area contributed by atoms with Gasteiger partial charge in [-0.1, -0.05) is 39.5 Å². The predicted octanol–water partition coefficient (Wildman–Crippen LogP) is 3.09. The van der Waals surface area contributed by atoms with Crippen molar-refractivity contribution < 1.29 is 9.53 Å². The third-order valence-electron chi connectivity index (χ3n) is 2.03. The first-order chi connectivity index (χ1) is 6.81. The van der Waals surface area contributed by atoms with E-state index in [2.05, 4.69) is 19.2 Å². The maximum atomic E-state index is 11.0. The molecule has 0 bridgehead atoms. The number of carbonyl (C=O) groups is 1. The smallest absolute Gasteiger partial charge is 0.407 e. The number of hydrogen-bond acceptors (Lipinski definition) is 2. The van der Waals surface area contributed by atoms with E-state index in [0.29, 0.717) is 6.61 Å². The van der Waals surface area contributed by atoms with E-state index in [0.717, 1.165) is 32.2 Å². The third kappa shape index (κ3) is 9.36. The van der Waals surface area contributed by atoms with E-state index in [1.165, 1.54) is 12.8 Å². The number of hydrogen-bond donors (Lipinski definition) is 1. The number of alkyl carbamates (subject to hydrolysis) is 1. The van der Waals surface area contributed by atoms with Crippen LogP contribution >= 0.6 is 0 Å². The van der Waals surface area contributed by atoms with Crippen LogP contribution in [0, 0.1) is 0 Å². The highest BCUT2D eigenvalue weighted by Gasteiger charge is 1.99. The second kappa shape index (κ2) is 10.4. The maximum absolute atomic E-state index is 11.0. The molecule has 0 spiro atoms. The molecule has 0 aromatic carbocycles. The summed E-state index contributed by atoms with van der Waals surface area (Å²) in [7, 11) is 0. The van der Waals surface area contributed by atoms with Crippen molar-refractivity contribution in [2.24, 2.45) is 0 Å². The number of carbonyl (C=O) groups excluding carboxylic acids is 1. The van der Waals surface area contributed by atoms with Crippen LogP contribution in [0.4, 0.5) is 4.79 Å². The lowest BCUT2D eigenvalue weighted by molar-refractivity contribution is 0.144. The highest BCUT2D eigenvalue weighted by atomic mass is 16.5. The molecule has 0 rings (SSSR count). The Hall–Kier alpha value is -0.730. The second-order valence-corrected chi connectivity index (χ2v) is 3.48. The molecule has 0 unspecified atom stereocenters. The lowest BCUT2D eigenvalue weighted by Gasteiger charge is -2.05. The van der Waals surface area contributed by atoms with E-state index in [1.807, 2.05) is 0 Å². The molecule has 0 aromatic rings. The van der Waals surface area contributed by atoms with Crippen LogP contribution in [0.1, 0.15) is 52.4 Å². The van der Waals surface area contributed by atoms with Gasteiger partial charge in [-0.2, -0.15) is 0 Å². The second-order valence-electron chi connectivity index (χ2n) is 3.48. The van der Waals surface area contributed by atoms with Crippen molar-refractivity contribution in [3.63, 3.8) is 0 Å². The fraction of sp³-hybridized carbons (Fsp3) is 0.909. The minimum Gasteiger partial charge on any atom is -0.450 e. The van der Waals surface area contributed by atoms with Gasteiger partial charge in [0.25, 0.3) is 0 Å². The Balaban J connectivity index is 3.10. The molecule has 0 aliphatic carbocycles. The quantitative estimate of drug-likeness (QED) is 0.613. The van der Waals surface area contributed by atoms with E-state index < -0.39 is 0 Å². The molecule has 0 aliphatic rings. The van der Waals surface area contributed by atoms with Crippen LogP contribution in [0.25, 0.3) is 0 Å². The van der Waals surface area contributed by atoms with E-state index in [9.17, 15) is 4.79 Å². The van der Waals surface area contributed by atoms with Gasteiger partial charge in [-0.05, 0) is 12.8 Å². The molecule has 14 heavy (non-hydrogen) atoms. The first-order valence-electron chi connectivity index (χ1n) is 5.71. The van der Waals surface area contributed by atoms with Gasteiger partial charge in [-0.25, -0.2) is 4.79 Å². The van der Waals surface area contributed by atoms with Gasteiger partial charge < -0.3 is 10.1 Å². The molecule has 84 valence electrons. The van der Waals surface area contributed by atoms with E-state index in [1.54, 1.807) is 0 Å². The van der Waals surface area contributed by atoms with Gasteiger partial charge in [0.2, 0.25) is 0 Å². The fourth-order valence-corrected chi connectivity index (χ4v) is 1.11. The monoisotopic (exact) mass is 201 g/mol. The van der Waals surface area contributed by atoms with Gasteiger partial charge in [0.1, 0.15) is 0 Å². The van der Waals surface area contributed by atoms with Crippen LogP contribution in [0.15, 0.2) is 0 Å². The maximum Gasteiger partial charge on any atom is 0.407 e. The SMILES string of the molecule is CCCCCCOC(=O)NCCCC. The van der Waals surface area contributed by atoms with E-state index in [-0.39, 0.29) is 6.09 Å². The normalized spacial score (nSPS) is 9.86. The van der Waals surface area contributed by atoms with Crippen LogP contribution in [0.3, 0.4) is 0 Å². The molecule has 0 radical (unpaired) electrons. The summed E-state index contributed by atoms with van der Waals surface area (Å²) in [5.74, 6) is 0. The van der Waals surface area contributed by atoms with Crippen LogP contribution in [0.2, 0.25) is 0 Å². The highest BCUT2D eigenvalue weighted by molar-refractivity contribution is 5.66. The average molecular weight is 201 g/mol. The molecule has 1 N–H and O–H groups in total. The summed E-state index contributed by atoms with van der Waals surface area (Å²) in [4.78, 5) is 11.0. The van der Waals surface area contributed by atoms with Crippen molar-refractivity contribution in [2.75, 3.05) is 13.2 Å². The number of nitrogens with one attached hydrogen (secondary N) is 1. The molecular formula is C11H23NO2. The summed E-state index contributed by atoms with van der Waals surface area (Å²) >= 11 is 0. The van der Waals surface area contributed by atoms with Crippen molar-refractivity contribution >= 4 is 6.09 Å². The van der Waals surface area contributed by atoms with Gasteiger partial charge in [0.05, 0.1) is 6.61 Å². The van der Waals surface area contributed by atoms with Gasteiger partial charge in [-0.15, -0.1) is 0 Å². The topological polar surface area (TPSA) is 38.3 Å². The van der Waals surface area contributed by atoms with Crippen molar-refractivity contribution in [3.05, 3.63) is 0 Å². The van der Waals surface area contributed by atoms with Gasteiger partial charge in [-0.3, -0.25) is 0 Å². The Labute approximate surface area is 87.2 Å². The molecule has 0 saturated heterocycles. The molecule has 0 saturated carbocycles. The Morgan fingerprint density at radius 2 is 1.79 bits per heavy atom. The van der Waals surface area contributed by atoms with Crippen molar-refractivity contribution in [1.29, 1.82) is 0 Å². The summed E-state index contributed by atoms with van der Waals surface area (Å²) in [5.41, 5.74) is 0. The van der Waals surface area contributed by atoms with Gasteiger partial charge in [0.15, 0.2) is 0 Å². The standard InChI is InChI=1S/C11H23NO2/c1-3-5-7-8-10-14-11(13)12-9-6-4-2/h3-10H2,1-2H3,(H,12,13).